The molecule has 208 valence electrons. The van der Waals surface area contributed by atoms with E-state index in [1.54, 1.807) is 6.92 Å². The number of carbonyl (C=O) groups is 2. The van der Waals surface area contributed by atoms with Crippen LogP contribution in [-0.4, -0.2) is 50.9 Å². The molecule has 39 heavy (non-hydrogen) atoms. The van der Waals surface area contributed by atoms with E-state index in [9.17, 15) is 22.4 Å². The lowest BCUT2D eigenvalue weighted by atomic mass is 10.1. The Bertz CT molecular complexity index is 1380. The molecule has 2 amide bonds. The molecule has 1 N–H and O–H groups in total. The number of carbonyl (C=O) groups excluding carboxylic acids is 2. The average molecular weight is 556 g/mol. The number of aryl methyl sites for hydroxylation is 1. The van der Waals surface area contributed by atoms with E-state index in [-0.39, 0.29) is 29.1 Å². The van der Waals surface area contributed by atoms with Gasteiger partial charge in [-0.1, -0.05) is 29.8 Å². The summed E-state index contributed by atoms with van der Waals surface area (Å²) >= 11 is 0. The van der Waals surface area contributed by atoms with Crippen molar-refractivity contribution >= 4 is 27.5 Å². The second kappa shape index (κ2) is 12.8. The number of nitrogens with one attached hydrogen (secondary N) is 1. The van der Waals surface area contributed by atoms with Gasteiger partial charge in [-0.25, -0.2) is 12.8 Å². The van der Waals surface area contributed by atoms with Gasteiger partial charge in [0.15, 0.2) is 0 Å². The molecule has 0 saturated heterocycles. The summed E-state index contributed by atoms with van der Waals surface area (Å²) in [5, 5.41) is 2.81. The van der Waals surface area contributed by atoms with Crippen molar-refractivity contribution in [2.45, 2.75) is 51.2 Å². The normalized spacial score (nSPS) is 12.1. The fourth-order valence-electron chi connectivity index (χ4n) is 3.89. The molecule has 1 atom stereocenters. The minimum absolute atomic E-state index is 0.0730. The number of amides is 2. The van der Waals surface area contributed by atoms with E-state index in [1.807, 2.05) is 45.0 Å². The number of ether oxygens (including phenoxy) is 1. The molecule has 8 nitrogen and oxygen atoms in total. The summed E-state index contributed by atoms with van der Waals surface area (Å²) in [4.78, 5) is 28.0. The molecule has 0 fully saturated rings. The number of halogens is 1. The second-order valence-electron chi connectivity index (χ2n) is 9.51. The first-order chi connectivity index (χ1) is 18.4. The third-order valence-corrected chi connectivity index (χ3v) is 7.90. The number of nitrogens with zero attached hydrogens (tertiary/aromatic N) is 2. The van der Waals surface area contributed by atoms with Gasteiger partial charge < -0.3 is 15.0 Å². The minimum Gasteiger partial charge on any atom is -0.497 e. The van der Waals surface area contributed by atoms with Gasteiger partial charge in [-0.3, -0.25) is 13.9 Å². The SMILES string of the molecule is COc1ccc(S(=O)(=O)N(CC(=O)N(Cc2ccc(C)cc2)[C@@H](C)C(=O)NC(C)C)c2ccc(F)cc2)cc1. The highest BCUT2D eigenvalue weighted by Gasteiger charge is 2.32. The van der Waals surface area contributed by atoms with Crippen molar-refractivity contribution in [3.8, 4) is 5.75 Å². The Morgan fingerprint density at radius 3 is 2.05 bits per heavy atom. The van der Waals surface area contributed by atoms with Crippen molar-refractivity contribution in [2.24, 2.45) is 0 Å². The highest BCUT2D eigenvalue weighted by molar-refractivity contribution is 7.92. The number of rotatable bonds is 11. The van der Waals surface area contributed by atoms with Crippen LogP contribution in [0.25, 0.3) is 0 Å². The van der Waals surface area contributed by atoms with Gasteiger partial charge in [-0.15, -0.1) is 0 Å². The smallest absolute Gasteiger partial charge is 0.264 e. The van der Waals surface area contributed by atoms with Crippen molar-refractivity contribution in [1.29, 1.82) is 0 Å². The number of hydrogen-bond acceptors (Lipinski definition) is 5. The predicted molar refractivity (Wildman–Crippen MR) is 148 cm³/mol. The molecule has 10 heteroatoms. The molecule has 0 spiro atoms. The number of benzene rings is 3. The number of sulfonamides is 1. The van der Waals surface area contributed by atoms with Crippen LogP contribution in [0, 0.1) is 12.7 Å². The molecular formula is C29H34FN3O5S. The molecule has 0 heterocycles. The Morgan fingerprint density at radius 2 is 1.51 bits per heavy atom. The maximum absolute atomic E-state index is 13.8. The molecule has 0 saturated carbocycles. The largest absolute Gasteiger partial charge is 0.497 e. The van der Waals surface area contributed by atoms with Crippen molar-refractivity contribution in [3.05, 3.63) is 89.7 Å². The van der Waals surface area contributed by atoms with Crippen LogP contribution in [0.15, 0.2) is 77.7 Å². The van der Waals surface area contributed by atoms with Crippen LogP contribution in [-0.2, 0) is 26.2 Å². The molecule has 3 aromatic carbocycles. The standard InChI is InChI=1S/C29H34FN3O5S/c1-20(2)31-29(35)22(4)32(18-23-8-6-21(3)7-9-23)28(34)19-33(25-12-10-24(30)11-13-25)39(36,37)27-16-14-26(38-5)15-17-27/h6-17,20,22H,18-19H2,1-5H3,(H,31,35)/t22-/m0/s1. The summed E-state index contributed by atoms with van der Waals surface area (Å²) in [6.45, 7) is 6.65. The zero-order chi connectivity index (χ0) is 28.7. The van der Waals surface area contributed by atoms with Crippen molar-refractivity contribution in [2.75, 3.05) is 18.0 Å². The molecule has 3 aromatic rings. The number of hydrogen-bond donors (Lipinski definition) is 1. The van der Waals surface area contributed by atoms with Crippen LogP contribution in [0.3, 0.4) is 0 Å². The maximum atomic E-state index is 13.8. The van der Waals surface area contributed by atoms with Crippen LogP contribution in [0.2, 0.25) is 0 Å². The van der Waals surface area contributed by atoms with E-state index >= 15 is 0 Å². The summed E-state index contributed by atoms with van der Waals surface area (Å²) in [5.41, 5.74) is 1.93. The van der Waals surface area contributed by atoms with E-state index in [2.05, 4.69) is 5.32 Å². The fourth-order valence-corrected chi connectivity index (χ4v) is 5.30. The summed E-state index contributed by atoms with van der Waals surface area (Å²) in [7, 11) is -2.79. The number of anilines is 1. The molecule has 0 bridgehead atoms. The van der Waals surface area contributed by atoms with Gasteiger partial charge in [-0.05, 0) is 81.8 Å². The van der Waals surface area contributed by atoms with Gasteiger partial charge in [0.2, 0.25) is 11.8 Å². The fraction of sp³-hybridized carbons (Fsp3) is 0.310. The average Bonchev–Trinajstić information content (AvgIpc) is 2.91. The van der Waals surface area contributed by atoms with E-state index in [0.29, 0.717) is 5.75 Å². The van der Waals surface area contributed by atoms with Gasteiger partial charge >= 0.3 is 0 Å². The van der Waals surface area contributed by atoms with E-state index in [4.69, 9.17) is 4.74 Å². The lowest BCUT2D eigenvalue weighted by Crippen LogP contribution is -2.52. The monoisotopic (exact) mass is 555 g/mol. The maximum Gasteiger partial charge on any atom is 0.264 e. The minimum atomic E-state index is -4.26. The van der Waals surface area contributed by atoms with Gasteiger partial charge in [-0.2, -0.15) is 0 Å². The van der Waals surface area contributed by atoms with E-state index in [1.165, 1.54) is 48.4 Å². The van der Waals surface area contributed by atoms with Crippen LogP contribution >= 0.6 is 0 Å². The first-order valence-corrected chi connectivity index (χ1v) is 13.9. The molecular weight excluding hydrogens is 521 g/mol. The highest BCUT2D eigenvalue weighted by Crippen LogP contribution is 2.26. The van der Waals surface area contributed by atoms with Crippen molar-refractivity contribution < 1.29 is 27.1 Å². The Labute approximate surface area is 229 Å². The summed E-state index contributed by atoms with van der Waals surface area (Å²) < 4.78 is 47.3. The highest BCUT2D eigenvalue weighted by atomic mass is 32.2. The Morgan fingerprint density at radius 1 is 0.923 bits per heavy atom. The van der Waals surface area contributed by atoms with Gasteiger partial charge in [0, 0.05) is 12.6 Å². The van der Waals surface area contributed by atoms with Crippen LogP contribution in [0.4, 0.5) is 10.1 Å². The Kier molecular flexibility index (Phi) is 9.69. The third kappa shape index (κ3) is 7.57. The predicted octanol–water partition coefficient (Wildman–Crippen LogP) is 4.28. The Balaban J connectivity index is 2.02. The van der Waals surface area contributed by atoms with Crippen LogP contribution < -0.4 is 14.4 Å². The molecule has 0 unspecified atom stereocenters. The first-order valence-electron chi connectivity index (χ1n) is 12.5. The van der Waals surface area contributed by atoms with E-state index < -0.39 is 34.3 Å². The lowest BCUT2D eigenvalue weighted by Gasteiger charge is -2.32. The molecule has 0 aliphatic carbocycles. The van der Waals surface area contributed by atoms with E-state index in [0.717, 1.165) is 27.6 Å². The molecule has 0 aliphatic rings. The zero-order valence-electron chi connectivity index (χ0n) is 22.7. The third-order valence-electron chi connectivity index (χ3n) is 6.11. The summed E-state index contributed by atoms with van der Waals surface area (Å²) in [6.07, 6.45) is 0. The van der Waals surface area contributed by atoms with Crippen LogP contribution in [0.5, 0.6) is 5.75 Å². The first kappa shape index (κ1) is 29.6. The van der Waals surface area contributed by atoms with Gasteiger partial charge in [0.25, 0.3) is 10.0 Å². The second-order valence-corrected chi connectivity index (χ2v) is 11.4. The summed E-state index contributed by atoms with van der Waals surface area (Å²) in [5.74, 6) is -1.04. The molecule has 0 aromatic heterocycles. The molecule has 0 aliphatic heterocycles. The summed E-state index contributed by atoms with van der Waals surface area (Å²) in [6, 6.07) is 17.1. The lowest BCUT2D eigenvalue weighted by molar-refractivity contribution is -0.139. The quantitative estimate of drug-likeness (QED) is 0.381. The molecule has 0 radical (unpaired) electrons. The van der Waals surface area contributed by atoms with Crippen LogP contribution in [0.1, 0.15) is 31.9 Å². The van der Waals surface area contributed by atoms with Gasteiger partial charge in [0.05, 0.1) is 17.7 Å². The Hall–Kier alpha value is -3.92. The zero-order valence-corrected chi connectivity index (χ0v) is 23.5. The van der Waals surface area contributed by atoms with Gasteiger partial charge in [0.1, 0.15) is 24.2 Å². The topological polar surface area (TPSA) is 96.0 Å². The van der Waals surface area contributed by atoms with Crippen molar-refractivity contribution in [3.63, 3.8) is 0 Å². The van der Waals surface area contributed by atoms with Crippen molar-refractivity contribution in [1.82, 2.24) is 10.2 Å². The number of methoxy groups -OCH3 is 1. The molecule has 3 rings (SSSR count).